The van der Waals surface area contributed by atoms with Crippen LogP contribution in [0.4, 0.5) is 9.93 Å². The Hall–Kier alpha value is -3.57. The van der Waals surface area contributed by atoms with E-state index in [9.17, 15) is 19.2 Å². The number of carbonyl (C=O) groups excluding carboxylic acids is 4. The van der Waals surface area contributed by atoms with Gasteiger partial charge in [0.25, 0.3) is 5.91 Å². The van der Waals surface area contributed by atoms with Crippen molar-refractivity contribution in [3.8, 4) is 0 Å². The maximum Gasteiger partial charge on any atom is 0.357 e. The van der Waals surface area contributed by atoms with Crippen LogP contribution in [0.2, 0.25) is 0 Å². The summed E-state index contributed by atoms with van der Waals surface area (Å²) in [7, 11) is 1.23. The minimum atomic E-state index is -1.11. The molecule has 1 aromatic carbocycles. The van der Waals surface area contributed by atoms with Gasteiger partial charge in [0.1, 0.15) is 12.1 Å². The number of methoxy groups -OCH3 is 1. The average molecular weight is 471 g/mol. The number of benzene rings is 1. The summed E-state index contributed by atoms with van der Waals surface area (Å²) >= 11 is 2.39. The maximum atomic E-state index is 13.2. The van der Waals surface area contributed by atoms with Gasteiger partial charge in [0.05, 0.1) is 7.11 Å². The van der Waals surface area contributed by atoms with Crippen molar-refractivity contribution >= 4 is 51.6 Å². The van der Waals surface area contributed by atoms with E-state index in [4.69, 9.17) is 0 Å². The Bertz CT molecular complexity index is 1150. The number of thiazole rings is 1. The van der Waals surface area contributed by atoms with Gasteiger partial charge >= 0.3 is 12.0 Å². The van der Waals surface area contributed by atoms with Gasteiger partial charge in [-0.3, -0.25) is 9.59 Å². The first-order valence-electron chi connectivity index (χ1n) is 9.53. The third-order valence-electron chi connectivity index (χ3n) is 4.81. The van der Waals surface area contributed by atoms with E-state index in [0.29, 0.717) is 4.88 Å². The molecule has 164 valence electrons. The van der Waals surface area contributed by atoms with Crippen LogP contribution in [-0.4, -0.2) is 46.9 Å². The smallest absolute Gasteiger partial charge is 0.357 e. The number of carbonyl (C=O) groups is 4. The molecular formula is C21H18N4O5S2. The van der Waals surface area contributed by atoms with Crippen molar-refractivity contribution in [3.05, 3.63) is 69.4 Å². The normalized spacial score (nSPS) is 16.5. The molecule has 0 saturated carbocycles. The molecule has 9 nitrogen and oxygen atoms in total. The molecule has 1 fully saturated rings. The molecule has 0 bridgehead atoms. The highest BCUT2D eigenvalue weighted by molar-refractivity contribution is 7.14. The molecule has 0 aliphatic carbocycles. The first-order chi connectivity index (χ1) is 15.5. The van der Waals surface area contributed by atoms with E-state index in [1.165, 1.54) is 23.8 Å². The number of hydrogen-bond donors (Lipinski definition) is 2. The summed E-state index contributed by atoms with van der Waals surface area (Å²) in [5, 5.41) is 8.71. The summed E-state index contributed by atoms with van der Waals surface area (Å²) < 4.78 is 4.63. The van der Waals surface area contributed by atoms with Crippen LogP contribution < -0.4 is 10.6 Å². The monoisotopic (exact) mass is 470 g/mol. The van der Waals surface area contributed by atoms with Gasteiger partial charge in [0.15, 0.2) is 10.8 Å². The highest BCUT2D eigenvalue weighted by Crippen LogP contribution is 2.28. The zero-order valence-corrected chi connectivity index (χ0v) is 18.4. The average Bonchev–Trinajstić information content (AvgIpc) is 3.54. The number of amides is 4. The molecule has 4 amide bonds. The Morgan fingerprint density at radius 2 is 1.97 bits per heavy atom. The fourth-order valence-corrected chi connectivity index (χ4v) is 4.74. The van der Waals surface area contributed by atoms with E-state index < -0.39 is 35.9 Å². The van der Waals surface area contributed by atoms with Crippen molar-refractivity contribution in [2.75, 3.05) is 12.4 Å². The topological polar surface area (TPSA) is 118 Å². The predicted molar refractivity (Wildman–Crippen MR) is 118 cm³/mol. The number of thiophene rings is 1. The molecule has 0 radical (unpaired) electrons. The molecule has 0 unspecified atom stereocenters. The number of anilines is 1. The number of ether oxygens (including phenoxy) is 1. The fraction of sp³-hybridized carbons (Fsp3) is 0.190. The second kappa shape index (κ2) is 9.28. The van der Waals surface area contributed by atoms with Crippen LogP contribution >= 0.6 is 22.7 Å². The first-order valence-corrected chi connectivity index (χ1v) is 11.3. The molecule has 1 aliphatic rings. The number of imide groups is 1. The lowest BCUT2D eigenvalue weighted by atomic mass is 10.0. The third-order valence-corrected chi connectivity index (χ3v) is 6.51. The maximum absolute atomic E-state index is 13.2. The molecule has 11 heteroatoms. The Morgan fingerprint density at radius 1 is 1.19 bits per heavy atom. The van der Waals surface area contributed by atoms with Gasteiger partial charge in [0, 0.05) is 16.7 Å². The number of aromatic nitrogens is 1. The van der Waals surface area contributed by atoms with Crippen molar-refractivity contribution in [2.45, 2.75) is 18.5 Å². The molecule has 2 aromatic heterocycles. The molecule has 2 atom stereocenters. The predicted octanol–water partition coefficient (Wildman–Crippen LogP) is 2.83. The quantitative estimate of drug-likeness (QED) is 0.405. The molecule has 4 rings (SSSR count). The lowest BCUT2D eigenvalue weighted by Gasteiger charge is -2.24. The minimum absolute atomic E-state index is 0.0557. The summed E-state index contributed by atoms with van der Waals surface area (Å²) in [5.74, 6) is -1.71. The Balaban J connectivity index is 1.60. The van der Waals surface area contributed by atoms with E-state index in [0.717, 1.165) is 21.8 Å². The van der Waals surface area contributed by atoms with Crippen LogP contribution in [0, 0.1) is 0 Å². The van der Waals surface area contributed by atoms with Gasteiger partial charge in [-0.1, -0.05) is 36.4 Å². The Morgan fingerprint density at radius 3 is 2.66 bits per heavy atom. The Kier molecular flexibility index (Phi) is 6.28. The van der Waals surface area contributed by atoms with E-state index in [2.05, 4.69) is 20.4 Å². The second-order valence-electron chi connectivity index (χ2n) is 6.83. The van der Waals surface area contributed by atoms with Gasteiger partial charge in [-0.15, -0.1) is 22.7 Å². The molecule has 2 N–H and O–H groups in total. The van der Waals surface area contributed by atoms with Crippen LogP contribution in [0.5, 0.6) is 0 Å². The summed E-state index contributed by atoms with van der Waals surface area (Å²) in [6, 6.07) is 10.1. The fourth-order valence-electron chi connectivity index (χ4n) is 3.29. The van der Waals surface area contributed by atoms with Crippen molar-refractivity contribution in [2.24, 2.45) is 0 Å². The van der Waals surface area contributed by atoms with Crippen molar-refractivity contribution < 1.29 is 23.9 Å². The van der Waals surface area contributed by atoms with Crippen LogP contribution in [0.3, 0.4) is 0 Å². The summed E-state index contributed by atoms with van der Waals surface area (Å²) in [4.78, 5) is 56.4. The number of nitrogens with one attached hydrogen (secondary N) is 2. The molecule has 3 aromatic rings. The van der Waals surface area contributed by atoms with Gasteiger partial charge in [-0.05, 0) is 17.0 Å². The number of esters is 1. The van der Waals surface area contributed by atoms with Gasteiger partial charge in [-0.2, -0.15) is 0 Å². The van der Waals surface area contributed by atoms with E-state index in [1.807, 2.05) is 35.7 Å². The largest absolute Gasteiger partial charge is 0.464 e. The lowest BCUT2D eigenvalue weighted by molar-refractivity contribution is -0.134. The summed E-state index contributed by atoms with van der Waals surface area (Å²) in [6.07, 6.45) is 0.123. The molecule has 32 heavy (non-hydrogen) atoms. The number of urea groups is 1. The Labute approximate surface area is 191 Å². The third kappa shape index (κ3) is 4.39. The number of nitrogens with zero attached hydrogens (tertiary/aromatic N) is 2. The molecule has 3 heterocycles. The summed E-state index contributed by atoms with van der Waals surface area (Å²) in [5.41, 5.74) is 0.836. The highest BCUT2D eigenvalue weighted by atomic mass is 32.1. The van der Waals surface area contributed by atoms with Crippen molar-refractivity contribution in [1.82, 2.24) is 15.2 Å². The number of hydrogen-bond acceptors (Lipinski definition) is 8. The minimum Gasteiger partial charge on any atom is -0.464 e. The summed E-state index contributed by atoms with van der Waals surface area (Å²) in [6.45, 7) is 0. The van der Waals surface area contributed by atoms with Gasteiger partial charge in [0.2, 0.25) is 5.91 Å². The van der Waals surface area contributed by atoms with Crippen LogP contribution in [0.1, 0.15) is 27.0 Å². The SMILES string of the molecule is COC(=O)c1csc(NC(=O)[C@H](Cc2ccccc2)N2C(=O)N[C@H](c3cccs3)C2=O)n1. The molecular weight excluding hydrogens is 452 g/mol. The van der Waals surface area contributed by atoms with Crippen molar-refractivity contribution in [3.63, 3.8) is 0 Å². The first kappa shape index (κ1) is 21.7. The molecule has 1 aliphatic heterocycles. The zero-order valence-electron chi connectivity index (χ0n) is 16.8. The second-order valence-corrected chi connectivity index (χ2v) is 8.67. The van der Waals surface area contributed by atoms with Gasteiger partial charge in [-0.25, -0.2) is 19.5 Å². The van der Waals surface area contributed by atoms with E-state index in [1.54, 1.807) is 12.1 Å². The molecule has 1 saturated heterocycles. The lowest BCUT2D eigenvalue weighted by Crippen LogP contribution is -2.49. The van der Waals surface area contributed by atoms with Crippen LogP contribution in [0.15, 0.2) is 53.2 Å². The van der Waals surface area contributed by atoms with Crippen molar-refractivity contribution in [1.29, 1.82) is 0 Å². The van der Waals surface area contributed by atoms with Gasteiger partial charge < -0.3 is 15.4 Å². The zero-order chi connectivity index (χ0) is 22.7. The van der Waals surface area contributed by atoms with E-state index in [-0.39, 0.29) is 17.2 Å². The molecule has 0 spiro atoms. The van der Waals surface area contributed by atoms with Crippen LogP contribution in [-0.2, 0) is 20.7 Å². The van der Waals surface area contributed by atoms with E-state index >= 15 is 0 Å². The highest BCUT2D eigenvalue weighted by Gasteiger charge is 2.45. The number of rotatable bonds is 7. The standard InChI is InChI=1S/C21H18N4O5S2/c1-30-19(28)13-11-32-20(22-13)24-17(26)14(10-12-6-3-2-4-7-12)25-18(27)16(23-21(25)29)15-8-5-9-31-15/h2-9,11,14,16H,10H2,1H3,(H,23,29)(H,22,24,26)/t14-,16+/m0/s1. The van der Waals surface area contributed by atoms with Crippen LogP contribution in [0.25, 0.3) is 0 Å².